The summed E-state index contributed by atoms with van der Waals surface area (Å²) >= 11 is 5.57. The largest absolute Gasteiger partial charge is 0.394 e. The molecular formula is C11H14ClFN2O2. The zero-order chi connectivity index (χ0) is 12.8. The minimum atomic E-state index is -0.542. The maximum absolute atomic E-state index is 12.9. The van der Waals surface area contributed by atoms with Gasteiger partial charge in [0.25, 0.3) is 0 Å². The summed E-state index contributed by atoms with van der Waals surface area (Å²) in [7, 11) is 0. The SMILES string of the molecule is CCC(CO)NC(=O)Nc1ccc(F)c(Cl)c1. The summed E-state index contributed by atoms with van der Waals surface area (Å²) in [6, 6.07) is 3.12. The second kappa shape index (κ2) is 6.42. The molecule has 0 radical (unpaired) electrons. The molecule has 6 heteroatoms. The van der Waals surface area contributed by atoms with Gasteiger partial charge in [0.1, 0.15) is 5.82 Å². The maximum atomic E-state index is 12.9. The van der Waals surface area contributed by atoms with Crippen LogP contribution in [0.5, 0.6) is 0 Å². The van der Waals surface area contributed by atoms with E-state index in [9.17, 15) is 9.18 Å². The molecule has 94 valence electrons. The van der Waals surface area contributed by atoms with Crippen molar-refractivity contribution in [2.45, 2.75) is 19.4 Å². The third-order valence-corrected chi connectivity index (χ3v) is 2.52. The minimum absolute atomic E-state index is 0.0583. The fourth-order valence-electron chi connectivity index (χ4n) is 1.20. The van der Waals surface area contributed by atoms with Crippen molar-refractivity contribution in [1.29, 1.82) is 0 Å². The fraction of sp³-hybridized carbons (Fsp3) is 0.364. The molecule has 0 spiro atoms. The Balaban J connectivity index is 2.58. The highest BCUT2D eigenvalue weighted by Gasteiger charge is 2.09. The quantitative estimate of drug-likeness (QED) is 0.778. The number of nitrogens with one attached hydrogen (secondary N) is 2. The molecule has 1 atom stereocenters. The lowest BCUT2D eigenvalue weighted by Gasteiger charge is -2.14. The lowest BCUT2D eigenvalue weighted by Crippen LogP contribution is -2.39. The number of urea groups is 1. The van der Waals surface area contributed by atoms with Crippen LogP contribution in [0.3, 0.4) is 0 Å². The zero-order valence-corrected chi connectivity index (χ0v) is 10.1. The monoisotopic (exact) mass is 260 g/mol. The van der Waals surface area contributed by atoms with E-state index in [-0.39, 0.29) is 17.7 Å². The van der Waals surface area contributed by atoms with Gasteiger partial charge in [-0.05, 0) is 24.6 Å². The summed E-state index contributed by atoms with van der Waals surface area (Å²) in [5.41, 5.74) is 0.390. The molecule has 1 unspecified atom stereocenters. The van der Waals surface area contributed by atoms with Crippen LogP contribution in [0, 0.1) is 5.82 Å². The molecule has 0 saturated carbocycles. The molecule has 2 amide bonds. The first kappa shape index (κ1) is 13.7. The number of carbonyl (C=O) groups excluding carboxylic acids is 1. The smallest absolute Gasteiger partial charge is 0.319 e. The van der Waals surface area contributed by atoms with E-state index in [2.05, 4.69) is 10.6 Å². The molecule has 1 aromatic carbocycles. The van der Waals surface area contributed by atoms with Crippen molar-refractivity contribution in [1.82, 2.24) is 5.32 Å². The molecular weight excluding hydrogens is 247 g/mol. The number of hydrogen-bond donors (Lipinski definition) is 3. The van der Waals surface area contributed by atoms with E-state index in [1.54, 1.807) is 0 Å². The Hall–Kier alpha value is -1.33. The number of hydrogen-bond acceptors (Lipinski definition) is 2. The van der Waals surface area contributed by atoms with E-state index in [1.807, 2.05) is 6.92 Å². The molecule has 17 heavy (non-hydrogen) atoms. The van der Waals surface area contributed by atoms with Gasteiger partial charge >= 0.3 is 6.03 Å². The topological polar surface area (TPSA) is 61.4 Å². The van der Waals surface area contributed by atoms with Crippen molar-refractivity contribution in [2.24, 2.45) is 0 Å². The van der Waals surface area contributed by atoms with Crippen LogP contribution in [0.1, 0.15) is 13.3 Å². The summed E-state index contributed by atoms with van der Waals surface area (Å²) in [6.07, 6.45) is 0.619. The van der Waals surface area contributed by atoms with Gasteiger partial charge in [0.15, 0.2) is 0 Å². The summed E-state index contributed by atoms with van der Waals surface area (Å²) < 4.78 is 12.9. The van der Waals surface area contributed by atoms with Gasteiger partial charge in [-0.15, -0.1) is 0 Å². The van der Waals surface area contributed by atoms with Crippen molar-refractivity contribution in [2.75, 3.05) is 11.9 Å². The predicted octanol–water partition coefficient (Wildman–Crippen LogP) is 2.37. The van der Waals surface area contributed by atoms with Gasteiger partial charge in [-0.3, -0.25) is 0 Å². The van der Waals surface area contributed by atoms with Crippen LogP contribution < -0.4 is 10.6 Å². The Kier molecular flexibility index (Phi) is 5.18. The predicted molar refractivity (Wildman–Crippen MR) is 64.7 cm³/mol. The van der Waals surface area contributed by atoms with Crippen LogP contribution in [-0.4, -0.2) is 23.8 Å². The molecule has 0 aliphatic carbocycles. The van der Waals surface area contributed by atoms with E-state index in [1.165, 1.54) is 18.2 Å². The van der Waals surface area contributed by atoms with E-state index < -0.39 is 11.8 Å². The molecule has 1 rings (SSSR count). The van der Waals surface area contributed by atoms with Gasteiger partial charge in [0.2, 0.25) is 0 Å². The molecule has 0 heterocycles. The molecule has 1 aromatic rings. The zero-order valence-electron chi connectivity index (χ0n) is 9.34. The van der Waals surface area contributed by atoms with E-state index >= 15 is 0 Å². The van der Waals surface area contributed by atoms with Crippen LogP contribution >= 0.6 is 11.6 Å². The number of anilines is 1. The summed E-state index contributed by atoms with van der Waals surface area (Å²) in [5, 5.41) is 13.9. The molecule has 3 N–H and O–H groups in total. The van der Waals surface area contributed by atoms with Crippen LogP contribution in [0.4, 0.5) is 14.9 Å². The number of halogens is 2. The molecule has 0 aliphatic rings. The normalized spacial score (nSPS) is 12.0. The molecule has 0 aliphatic heterocycles. The van der Waals surface area contributed by atoms with Crippen LogP contribution in [0.25, 0.3) is 0 Å². The summed E-state index contributed by atoms with van der Waals surface area (Å²) in [6.45, 7) is 1.71. The Bertz CT molecular complexity index is 397. The van der Waals surface area contributed by atoms with Gasteiger partial charge in [-0.1, -0.05) is 18.5 Å². The van der Waals surface area contributed by atoms with Crippen molar-refractivity contribution in [3.8, 4) is 0 Å². The maximum Gasteiger partial charge on any atom is 0.319 e. The summed E-state index contributed by atoms with van der Waals surface area (Å²) in [5.74, 6) is -0.542. The number of amides is 2. The number of benzene rings is 1. The minimum Gasteiger partial charge on any atom is -0.394 e. The average molecular weight is 261 g/mol. The first-order chi connectivity index (χ1) is 8.06. The highest BCUT2D eigenvalue weighted by molar-refractivity contribution is 6.31. The first-order valence-electron chi connectivity index (χ1n) is 5.20. The fourth-order valence-corrected chi connectivity index (χ4v) is 1.38. The van der Waals surface area contributed by atoms with E-state index in [0.717, 1.165) is 0 Å². The van der Waals surface area contributed by atoms with Crippen molar-refractivity contribution in [3.05, 3.63) is 29.0 Å². The van der Waals surface area contributed by atoms with Gasteiger partial charge in [0.05, 0.1) is 17.7 Å². The Morgan fingerprint density at radius 1 is 1.59 bits per heavy atom. The lowest BCUT2D eigenvalue weighted by molar-refractivity contribution is 0.222. The lowest BCUT2D eigenvalue weighted by atomic mass is 10.2. The molecule has 0 bridgehead atoms. The van der Waals surface area contributed by atoms with Gasteiger partial charge < -0.3 is 15.7 Å². The van der Waals surface area contributed by atoms with E-state index in [0.29, 0.717) is 12.1 Å². The third kappa shape index (κ3) is 4.20. The van der Waals surface area contributed by atoms with Crippen molar-refractivity contribution >= 4 is 23.3 Å². The van der Waals surface area contributed by atoms with E-state index in [4.69, 9.17) is 16.7 Å². The molecule has 4 nitrogen and oxygen atoms in total. The third-order valence-electron chi connectivity index (χ3n) is 2.23. The number of rotatable bonds is 4. The van der Waals surface area contributed by atoms with Crippen molar-refractivity contribution < 1.29 is 14.3 Å². The first-order valence-corrected chi connectivity index (χ1v) is 5.58. The highest BCUT2D eigenvalue weighted by Crippen LogP contribution is 2.19. The average Bonchev–Trinajstić information content (AvgIpc) is 2.31. The van der Waals surface area contributed by atoms with Gasteiger partial charge in [0, 0.05) is 5.69 Å². The Labute approximate surface area is 104 Å². The van der Waals surface area contributed by atoms with Crippen LogP contribution in [0.2, 0.25) is 5.02 Å². The number of aliphatic hydroxyl groups is 1. The number of carbonyl (C=O) groups is 1. The molecule has 0 fully saturated rings. The molecule has 0 aromatic heterocycles. The molecule has 0 saturated heterocycles. The van der Waals surface area contributed by atoms with Crippen LogP contribution in [-0.2, 0) is 0 Å². The second-order valence-corrected chi connectivity index (χ2v) is 3.92. The van der Waals surface area contributed by atoms with Crippen molar-refractivity contribution in [3.63, 3.8) is 0 Å². The van der Waals surface area contributed by atoms with Crippen LogP contribution in [0.15, 0.2) is 18.2 Å². The highest BCUT2D eigenvalue weighted by atomic mass is 35.5. The standard InChI is InChI=1S/C11H14ClFN2O2/c1-2-7(6-16)14-11(17)15-8-3-4-10(13)9(12)5-8/h3-5,7,16H,2,6H2,1H3,(H2,14,15,17). The second-order valence-electron chi connectivity index (χ2n) is 3.52. The summed E-state index contributed by atoms with van der Waals surface area (Å²) in [4.78, 5) is 11.5. The Morgan fingerprint density at radius 3 is 2.82 bits per heavy atom. The van der Waals surface area contributed by atoms with Gasteiger partial charge in [-0.2, -0.15) is 0 Å². The van der Waals surface area contributed by atoms with Gasteiger partial charge in [-0.25, -0.2) is 9.18 Å². The number of aliphatic hydroxyl groups excluding tert-OH is 1. The Morgan fingerprint density at radius 2 is 2.29 bits per heavy atom.